The Morgan fingerprint density at radius 3 is 1.89 bits per heavy atom. The van der Waals surface area contributed by atoms with Gasteiger partial charge in [0.2, 0.25) is 0 Å². The minimum absolute atomic E-state index is 0.0144. The van der Waals surface area contributed by atoms with Gasteiger partial charge in [0.25, 0.3) is 16.7 Å². The summed E-state index contributed by atoms with van der Waals surface area (Å²) in [7, 11) is 3.42. The topological polar surface area (TPSA) is 151 Å². The molecule has 0 spiro atoms. The fourth-order valence-electron chi connectivity index (χ4n) is 2.06. The third-order valence-electron chi connectivity index (χ3n) is 3.93. The molecule has 3 aromatic heterocycles. The number of rotatable bonds is 5. The summed E-state index contributed by atoms with van der Waals surface area (Å²) in [5.41, 5.74) is 0.0469. The maximum Gasteiger partial charge on any atom is 0.265 e. The fourth-order valence-corrected chi connectivity index (χ4v) is 4.28. The number of ketones is 2. The predicted octanol–water partition coefficient (Wildman–Crippen LogP) is 2.03. The van der Waals surface area contributed by atoms with Crippen molar-refractivity contribution in [2.45, 2.75) is 12.8 Å². The lowest BCUT2D eigenvalue weighted by molar-refractivity contribution is -0.126. The maximum atomic E-state index is 10.9. The minimum Gasteiger partial charge on any atom is -0.389 e. The first-order valence-corrected chi connectivity index (χ1v) is 12.6. The Balaban J connectivity index is 0.000000236. The first kappa shape index (κ1) is 30.4. The summed E-state index contributed by atoms with van der Waals surface area (Å²) in [6.07, 6.45) is 0.0474. The lowest BCUT2D eigenvalue weighted by Gasteiger charge is -1.93. The van der Waals surface area contributed by atoms with Gasteiger partial charge >= 0.3 is 0 Å². The van der Waals surface area contributed by atoms with Gasteiger partial charge in [-0.15, -0.1) is 0 Å². The number of carbonyl (C=O) groups excluding carboxylic acids is 2. The Labute approximate surface area is 216 Å². The van der Waals surface area contributed by atoms with Crippen LogP contribution >= 0.6 is 46.2 Å². The quantitative estimate of drug-likeness (QED) is 0.337. The van der Waals surface area contributed by atoms with E-state index in [9.17, 15) is 24.0 Å². The number of nitrogens with one attached hydrogen (secondary N) is 1. The molecular formula is C21H24ClN3O7S3. The smallest absolute Gasteiger partial charge is 0.265 e. The van der Waals surface area contributed by atoms with Crippen molar-refractivity contribution in [1.82, 2.24) is 12.3 Å². The normalized spacial score (nSPS) is 9.74. The molecule has 10 nitrogen and oxygen atoms in total. The van der Waals surface area contributed by atoms with Gasteiger partial charge in [-0.25, -0.2) is 0 Å². The van der Waals surface area contributed by atoms with E-state index in [0.717, 1.165) is 10.1 Å². The molecule has 1 aromatic carbocycles. The molecule has 3 N–H and O–H groups in total. The molecule has 0 saturated heterocycles. The van der Waals surface area contributed by atoms with E-state index in [0.29, 0.717) is 4.34 Å². The van der Waals surface area contributed by atoms with Gasteiger partial charge in [-0.1, -0.05) is 46.8 Å². The zero-order valence-electron chi connectivity index (χ0n) is 18.8. The van der Waals surface area contributed by atoms with Crippen LogP contribution in [-0.4, -0.2) is 47.3 Å². The number of nitrogens with zero attached hydrogens (tertiary/aromatic N) is 2. The summed E-state index contributed by atoms with van der Waals surface area (Å²) in [5, 5.41) is 18.9. The molecule has 3 heterocycles. The van der Waals surface area contributed by atoms with Gasteiger partial charge in [0, 0.05) is 44.4 Å². The van der Waals surface area contributed by atoms with Crippen LogP contribution in [0.4, 0.5) is 0 Å². The zero-order valence-corrected chi connectivity index (χ0v) is 22.0. The number of aryl methyl sites for hydroxylation is 2. The first-order chi connectivity index (χ1) is 16.6. The Morgan fingerprint density at radius 2 is 1.54 bits per heavy atom. The second-order valence-corrected chi connectivity index (χ2v) is 10.2. The van der Waals surface area contributed by atoms with Crippen molar-refractivity contribution in [3.05, 3.63) is 77.2 Å². The molecule has 4 aromatic rings. The highest BCUT2D eigenvalue weighted by Crippen LogP contribution is 2.11. The van der Waals surface area contributed by atoms with Gasteiger partial charge in [0.1, 0.15) is 17.6 Å². The van der Waals surface area contributed by atoms with Gasteiger partial charge in [0.15, 0.2) is 11.6 Å². The molecule has 0 unspecified atom stereocenters. The molecule has 35 heavy (non-hydrogen) atoms. The van der Waals surface area contributed by atoms with Crippen molar-refractivity contribution in [2.75, 3.05) is 13.2 Å². The Hall–Kier alpha value is -2.68. The molecule has 0 radical (unpaired) electrons. The highest BCUT2D eigenvalue weighted by Gasteiger charge is 2.03. The number of Topliss-reactive ketones (excluding diaryl/α,β-unsaturated/α-hetero) is 2. The Bertz CT molecular complexity index is 1360. The van der Waals surface area contributed by atoms with Crippen molar-refractivity contribution in [3.63, 3.8) is 0 Å². The van der Waals surface area contributed by atoms with E-state index < -0.39 is 13.2 Å². The Kier molecular flexibility index (Phi) is 13.9. The number of aromatic nitrogens is 3. The number of aliphatic hydroxyl groups is 2. The molecule has 14 heteroatoms. The highest BCUT2D eigenvalue weighted by molar-refractivity contribution is 7.13. The molecule has 0 aliphatic carbocycles. The number of hydrogen-bond acceptors (Lipinski definition) is 10. The van der Waals surface area contributed by atoms with Gasteiger partial charge in [0.05, 0.1) is 10.1 Å². The molecule has 4 rings (SSSR count). The highest BCUT2D eigenvalue weighted by atomic mass is 35.5. The largest absolute Gasteiger partial charge is 0.389 e. The number of hydrogen-bond donors (Lipinski definition) is 3. The van der Waals surface area contributed by atoms with Crippen molar-refractivity contribution < 1.29 is 19.8 Å². The van der Waals surface area contributed by atoms with E-state index in [1.807, 2.05) is 24.3 Å². The van der Waals surface area contributed by atoms with E-state index in [2.05, 4.69) is 4.37 Å². The summed E-state index contributed by atoms with van der Waals surface area (Å²) in [6.45, 7) is -1.06. The van der Waals surface area contributed by atoms with Gasteiger partial charge in [-0.3, -0.25) is 36.3 Å². The van der Waals surface area contributed by atoms with Crippen LogP contribution < -0.4 is 16.7 Å². The van der Waals surface area contributed by atoms with Crippen LogP contribution in [0.3, 0.4) is 0 Å². The number of aromatic amines is 1. The number of halogens is 1. The number of H-pyrrole nitrogens is 1. The second-order valence-electron chi connectivity index (χ2n) is 6.54. The van der Waals surface area contributed by atoms with Crippen LogP contribution in [0.5, 0.6) is 0 Å². The maximum absolute atomic E-state index is 10.9. The van der Waals surface area contributed by atoms with Crippen LogP contribution in [0.25, 0.3) is 10.1 Å². The predicted molar refractivity (Wildman–Crippen MR) is 140 cm³/mol. The van der Waals surface area contributed by atoms with E-state index in [-0.39, 0.29) is 41.1 Å². The third-order valence-corrected chi connectivity index (χ3v) is 6.61. The number of benzene rings is 1. The third kappa shape index (κ3) is 11.5. The van der Waals surface area contributed by atoms with Crippen LogP contribution in [0.2, 0.25) is 4.34 Å². The molecule has 0 saturated carbocycles. The summed E-state index contributed by atoms with van der Waals surface area (Å²) >= 11 is 9.49. The monoisotopic (exact) mass is 561 g/mol. The van der Waals surface area contributed by atoms with Crippen LogP contribution in [0.15, 0.2) is 56.2 Å². The first-order valence-electron chi connectivity index (χ1n) is 9.84. The van der Waals surface area contributed by atoms with E-state index in [1.165, 1.54) is 44.6 Å². The van der Waals surface area contributed by atoms with E-state index in [1.54, 1.807) is 29.5 Å². The van der Waals surface area contributed by atoms with Crippen molar-refractivity contribution in [2.24, 2.45) is 14.1 Å². The second kappa shape index (κ2) is 16.1. The zero-order chi connectivity index (χ0) is 26.4. The van der Waals surface area contributed by atoms with E-state index in [4.69, 9.17) is 21.8 Å². The molecule has 0 aliphatic heterocycles. The lowest BCUT2D eigenvalue weighted by Crippen LogP contribution is -2.09. The minimum atomic E-state index is -0.529. The van der Waals surface area contributed by atoms with Crippen molar-refractivity contribution in [3.8, 4) is 0 Å². The van der Waals surface area contributed by atoms with Crippen LogP contribution in [0, 0.1) is 0 Å². The average Bonchev–Trinajstić information content (AvgIpc) is 3.51. The molecule has 0 fully saturated rings. The van der Waals surface area contributed by atoms with Crippen LogP contribution in [-0.2, 0) is 23.7 Å². The number of aliphatic hydroxyl groups excluding tert-OH is 2. The lowest BCUT2D eigenvalue weighted by atomic mass is 10.2. The average molecular weight is 562 g/mol. The fraction of sp³-hybridized carbons (Fsp3) is 0.286. The molecule has 190 valence electrons. The van der Waals surface area contributed by atoms with Crippen molar-refractivity contribution >= 4 is 67.9 Å². The number of fused-ring (bicyclic) bond motifs is 1. The van der Waals surface area contributed by atoms with Gasteiger partial charge < -0.3 is 10.2 Å². The van der Waals surface area contributed by atoms with Gasteiger partial charge in [-0.2, -0.15) is 0 Å². The summed E-state index contributed by atoms with van der Waals surface area (Å²) < 4.78 is 7.27. The summed E-state index contributed by atoms with van der Waals surface area (Å²) in [4.78, 5) is 52.6. The summed E-state index contributed by atoms with van der Waals surface area (Å²) in [6, 6.07) is 10.5. The summed E-state index contributed by atoms with van der Waals surface area (Å²) in [5.74, 6) is -0.747. The molecule has 0 aliphatic rings. The van der Waals surface area contributed by atoms with Crippen LogP contribution in [0.1, 0.15) is 12.8 Å². The molecular weight excluding hydrogens is 538 g/mol. The SMILES string of the molecule is Cn1sc(Cl)cc1=O.Cn1sccc1=O.O=C(CO)CCC(=O)CO.O=c1[nH]sc2ccccc12. The molecule has 0 bridgehead atoms. The standard InChI is InChI=1S/C7H5NOS.C6H10O4.C4H4ClNOS.C4H5NOS/c9-7-5-3-1-2-4-6(5)10-8-7;7-3-5(9)1-2-6(10)4-8;1-6-4(7)2-3(5)8-6;1-5-4(6)2-3-7-5/h1-4H,(H,8,9);7-8H,1-4H2;2H,1H3;2-3H,1H3. The molecule has 0 atom stereocenters. The number of carbonyl (C=O) groups is 2. The molecule has 0 amide bonds. The van der Waals surface area contributed by atoms with E-state index >= 15 is 0 Å². The Morgan fingerprint density at radius 1 is 0.943 bits per heavy atom. The van der Waals surface area contributed by atoms with Gasteiger partial charge in [-0.05, 0) is 23.7 Å². The van der Waals surface area contributed by atoms with Crippen molar-refractivity contribution in [1.29, 1.82) is 0 Å².